The molecule has 0 atom stereocenters. The van der Waals surface area contributed by atoms with Gasteiger partial charge < -0.3 is 10.2 Å². The fraction of sp³-hybridized carbons (Fsp3) is 0.235. The number of benzene rings is 1. The van der Waals surface area contributed by atoms with E-state index in [0.29, 0.717) is 36.0 Å². The molecule has 2 heterocycles. The van der Waals surface area contributed by atoms with E-state index in [2.05, 4.69) is 10.1 Å². The van der Waals surface area contributed by atoms with E-state index in [4.69, 9.17) is 0 Å². The van der Waals surface area contributed by atoms with Crippen LogP contribution in [-0.4, -0.2) is 30.9 Å². The largest absolute Gasteiger partial charge is 0.507 e. The number of carboxylic acid groups (broad SMARTS) is 1. The second-order valence-electron chi connectivity index (χ2n) is 5.28. The van der Waals surface area contributed by atoms with Crippen LogP contribution in [0.5, 0.6) is 5.75 Å². The molecule has 0 saturated carbocycles. The van der Waals surface area contributed by atoms with Crippen LogP contribution in [0, 0.1) is 0 Å². The first-order valence-corrected chi connectivity index (χ1v) is 7.46. The van der Waals surface area contributed by atoms with Gasteiger partial charge >= 0.3 is 5.97 Å². The third kappa shape index (κ3) is 2.75. The van der Waals surface area contributed by atoms with Gasteiger partial charge in [0.25, 0.3) is 0 Å². The van der Waals surface area contributed by atoms with Crippen molar-refractivity contribution < 1.29 is 15.0 Å². The zero-order chi connectivity index (χ0) is 16.4. The third-order valence-electron chi connectivity index (χ3n) is 3.86. The Kier molecular flexibility index (Phi) is 3.97. The number of fused-ring (bicyclic) bond motifs is 1. The lowest BCUT2D eigenvalue weighted by Gasteiger charge is -2.10. The number of nitrogens with zero attached hydrogens (tertiary/aromatic N) is 3. The highest BCUT2D eigenvalue weighted by Gasteiger charge is 2.21. The van der Waals surface area contributed by atoms with Crippen LogP contribution in [-0.2, 0) is 19.4 Å². The fourth-order valence-electron chi connectivity index (χ4n) is 2.67. The van der Waals surface area contributed by atoms with E-state index in [-0.39, 0.29) is 11.4 Å². The number of aromatic nitrogens is 3. The van der Waals surface area contributed by atoms with E-state index < -0.39 is 5.97 Å². The van der Waals surface area contributed by atoms with Gasteiger partial charge in [0.05, 0.1) is 11.6 Å². The van der Waals surface area contributed by atoms with Gasteiger partial charge in [0.15, 0.2) is 11.3 Å². The molecule has 0 radical (unpaired) electrons. The number of pyridine rings is 1. The third-order valence-corrected chi connectivity index (χ3v) is 3.86. The monoisotopic (exact) mass is 311 g/mol. The lowest BCUT2D eigenvalue weighted by Crippen LogP contribution is -2.09. The Bertz CT molecular complexity index is 856. The second kappa shape index (κ2) is 6.08. The van der Waals surface area contributed by atoms with E-state index in [9.17, 15) is 15.0 Å². The van der Waals surface area contributed by atoms with Crippen LogP contribution in [0.1, 0.15) is 28.5 Å². The van der Waals surface area contributed by atoms with E-state index in [1.807, 2.05) is 37.3 Å². The van der Waals surface area contributed by atoms with Gasteiger partial charge in [-0.3, -0.25) is 0 Å². The summed E-state index contributed by atoms with van der Waals surface area (Å²) in [4.78, 5) is 15.8. The minimum absolute atomic E-state index is 0.0389. The number of aromatic hydroxyl groups is 1. The molecule has 23 heavy (non-hydrogen) atoms. The zero-order valence-corrected chi connectivity index (χ0v) is 12.7. The van der Waals surface area contributed by atoms with Gasteiger partial charge in [-0.1, -0.05) is 30.3 Å². The molecule has 0 spiro atoms. The van der Waals surface area contributed by atoms with Crippen LogP contribution in [0.15, 0.2) is 36.5 Å². The van der Waals surface area contributed by atoms with Crippen LogP contribution in [0.2, 0.25) is 0 Å². The Morgan fingerprint density at radius 3 is 2.61 bits per heavy atom. The summed E-state index contributed by atoms with van der Waals surface area (Å²) < 4.78 is 1.57. The summed E-state index contributed by atoms with van der Waals surface area (Å²) in [6.07, 6.45) is 2.56. The van der Waals surface area contributed by atoms with Crippen molar-refractivity contribution in [1.29, 1.82) is 0 Å². The summed E-state index contributed by atoms with van der Waals surface area (Å²) in [6, 6.07) is 9.73. The average molecular weight is 311 g/mol. The number of hydrogen-bond donors (Lipinski definition) is 2. The minimum Gasteiger partial charge on any atom is -0.507 e. The summed E-state index contributed by atoms with van der Waals surface area (Å²) in [5.74, 6) is -1.18. The summed E-state index contributed by atoms with van der Waals surface area (Å²) >= 11 is 0. The van der Waals surface area contributed by atoms with E-state index in [1.165, 1.54) is 6.20 Å². The van der Waals surface area contributed by atoms with Gasteiger partial charge in [-0.25, -0.2) is 14.5 Å². The maximum Gasteiger partial charge on any atom is 0.355 e. The molecule has 1 aromatic carbocycles. The van der Waals surface area contributed by atoms with Gasteiger partial charge in [-0.2, -0.15) is 5.10 Å². The van der Waals surface area contributed by atoms with Crippen molar-refractivity contribution in [3.63, 3.8) is 0 Å². The van der Waals surface area contributed by atoms with Crippen LogP contribution < -0.4 is 0 Å². The molecule has 0 aliphatic heterocycles. The number of rotatable bonds is 5. The SMILES string of the molecule is CCn1ncc2c(O)c(CCc3ccccc3)c(C(=O)O)nc21. The Labute approximate surface area is 133 Å². The van der Waals surface area contributed by atoms with Gasteiger partial charge in [-0.05, 0) is 25.3 Å². The predicted molar refractivity (Wildman–Crippen MR) is 85.7 cm³/mol. The van der Waals surface area contributed by atoms with Gasteiger partial charge in [0.1, 0.15) is 5.75 Å². The molecule has 0 amide bonds. The molecule has 0 fully saturated rings. The number of carbonyl (C=O) groups is 1. The highest BCUT2D eigenvalue weighted by atomic mass is 16.4. The lowest BCUT2D eigenvalue weighted by molar-refractivity contribution is 0.0689. The Morgan fingerprint density at radius 2 is 1.96 bits per heavy atom. The maximum absolute atomic E-state index is 11.5. The number of carboxylic acids is 1. The molecule has 0 saturated heterocycles. The van der Waals surface area contributed by atoms with Crippen molar-refractivity contribution in [2.45, 2.75) is 26.3 Å². The molecule has 3 aromatic rings. The fourth-order valence-corrected chi connectivity index (χ4v) is 2.67. The molecule has 3 rings (SSSR count). The molecule has 0 aliphatic rings. The predicted octanol–water partition coefficient (Wildman–Crippen LogP) is 2.64. The standard InChI is InChI=1S/C17H17N3O3/c1-2-20-16-13(10-18-20)15(21)12(14(19-16)17(22)23)9-8-11-6-4-3-5-7-11/h3-7,10H,2,8-9H2,1H3,(H,19,21)(H,22,23). The molecular weight excluding hydrogens is 294 g/mol. The molecule has 0 bridgehead atoms. The average Bonchev–Trinajstić information content (AvgIpc) is 2.98. The quantitative estimate of drug-likeness (QED) is 0.756. The zero-order valence-electron chi connectivity index (χ0n) is 12.7. The first kappa shape index (κ1) is 15.0. The van der Waals surface area contributed by atoms with Gasteiger partial charge in [0.2, 0.25) is 0 Å². The molecular formula is C17H17N3O3. The molecule has 0 unspecified atom stereocenters. The van der Waals surface area contributed by atoms with Crippen molar-refractivity contribution in [3.05, 3.63) is 53.3 Å². The second-order valence-corrected chi connectivity index (χ2v) is 5.28. The van der Waals surface area contributed by atoms with Crippen molar-refractivity contribution in [2.24, 2.45) is 0 Å². The van der Waals surface area contributed by atoms with E-state index >= 15 is 0 Å². The summed E-state index contributed by atoms with van der Waals surface area (Å²) in [7, 11) is 0. The van der Waals surface area contributed by atoms with Gasteiger partial charge in [-0.15, -0.1) is 0 Å². The maximum atomic E-state index is 11.5. The molecule has 118 valence electrons. The molecule has 2 N–H and O–H groups in total. The number of aryl methyl sites for hydroxylation is 2. The molecule has 6 heteroatoms. The van der Waals surface area contributed by atoms with Crippen molar-refractivity contribution in [1.82, 2.24) is 14.8 Å². The first-order valence-electron chi connectivity index (χ1n) is 7.46. The molecule has 2 aromatic heterocycles. The Balaban J connectivity index is 2.05. The van der Waals surface area contributed by atoms with Crippen LogP contribution in [0.4, 0.5) is 0 Å². The highest BCUT2D eigenvalue weighted by molar-refractivity contribution is 5.94. The molecule has 6 nitrogen and oxygen atoms in total. The lowest BCUT2D eigenvalue weighted by atomic mass is 10.0. The Morgan fingerprint density at radius 1 is 1.22 bits per heavy atom. The normalized spacial score (nSPS) is 11.0. The first-order chi connectivity index (χ1) is 11.1. The van der Waals surface area contributed by atoms with Gasteiger partial charge in [0, 0.05) is 12.1 Å². The van der Waals surface area contributed by atoms with Crippen molar-refractivity contribution >= 4 is 17.0 Å². The topological polar surface area (TPSA) is 88.2 Å². The highest BCUT2D eigenvalue weighted by Crippen LogP contribution is 2.30. The van der Waals surface area contributed by atoms with E-state index in [0.717, 1.165) is 5.56 Å². The van der Waals surface area contributed by atoms with Crippen LogP contribution in [0.25, 0.3) is 11.0 Å². The molecule has 0 aliphatic carbocycles. The van der Waals surface area contributed by atoms with Crippen LogP contribution >= 0.6 is 0 Å². The van der Waals surface area contributed by atoms with E-state index in [1.54, 1.807) is 4.68 Å². The van der Waals surface area contributed by atoms with Crippen LogP contribution in [0.3, 0.4) is 0 Å². The van der Waals surface area contributed by atoms with Crippen molar-refractivity contribution in [3.8, 4) is 5.75 Å². The number of aromatic carboxylic acids is 1. The summed E-state index contributed by atoms with van der Waals surface area (Å²) in [5, 5.41) is 24.6. The smallest absolute Gasteiger partial charge is 0.355 e. The Hall–Kier alpha value is -2.89. The van der Waals surface area contributed by atoms with Crippen molar-refractivity contribution in [2.75, 3.05) is 0 Å². The summed E-state index contributed by atoms with van der Waals surface area (Å²) in [6.45, 7) is 2.44. The minimum atomic E-state index is -1.14. The number of hydrogen-bond acceptors (Lipinski definition) is 4. The summed E-state index contributed by atoms with van der Waals surface area (Å²) in [5.41, 5.74) is 1.71.